The molecule has 0 saturated heterocycles. The highest BCUT2D eigenvalue weighted by atomic mass is 35.5. The minimum absolute atomic E-state index is 0.287. The first kappa shape index (κ1) is 12.1. The van der Waals surface area contributed by atoms with Gasteiger partial charge in [-0.1, -0.05) is 29.3 Å². The lowest BCUT2D eigenvalue weighted by Gasteiger charge is -2.13. The van der Waals surface area contributed by atoms with E-state index in [-0.39, 0.29) is 5.02 Å². The molecule has 0 aliphatic heterocycles. The molecule has 82 valence electrons. The van der Waals surface area contributed by atoms with Crippen molar-refractivity contribution in [1.82, 2.24) is 0 Å². The van der Waals surface area contributed by atoms with Crippen molar-refractivity contribution >= 4 is 29.2 Å². The van der Waals surface area contributed by atoms with E-state index in [0.29, 0.717) is 10.8 Å². The van der Waals surface area contributed by atoms with Gasteiger partial charge < -0.3 is 9.47 Å². The summed E-state index contributed by atoms with van der Waals surface area (Å²) in [5.41, 5.74) is 0. The molecule has 0 unspecified atom stereocenters. The summed E-state index contributed by atoms with van der Waals surface area (Å²) in [6.45, 7) is 1.57. The Kier molecular flexibility index (Phi) is 4.24. The van der Waals surface area contributed by atoms with Gasteiger partial charge in [0.15, 0.2) is 6.10 Å². The molecule has 1 atom stereocenters. The van der Waals surface area contributed by atoms with Gasteiger partial charge in [-0.25, -0.2) is 4.79 Å². The summed E-state index contributed by atoms with van der Waals surface area (Å²) in [5, 5.41) is 0.668. The van der Waals surface area contributed by atoms with Crippen LogP contribution in [0.25, 0.3) is 0 Å². The van der Waals surface area contributed by atoms with Crippen LogP contribution in [0.4, 0.5) is 0 Å². The van der Waals surface area contributed by atoms with Crippen LogP contribution in [0.15, 0.2) is 18.2 Å². The number of hydrogen-bond acceptors (Lipinski definition) is 3. The van der Waals surface area contributed by atoms with E-state index in [1.165, 1.54) is 7.11 Å². The maximum Gasteiger partial charge on any atom is 0.346 e. The van der Waals surface area contributed by atoms with E-state index in [0.717, 1.165) is 0 Å². The van der Waals surface area contributed by atoms with Crippen molar-refractivity contribution in [3.8, 4) is 5.75 Å². The Morgan fingerprint density at radius 3 is 2.67 bits per heavy atom. The Balaban J connectivity index is 2.81. The molecule has 0 bridgehead atoms. The molecule has 5 heteroatoms. The van der Waals surface area contributed by atoms with E-state index in [1.54, 1.807) is 25.1 Å². The van der Waals surface area contributed by atoms with Crippen LogP contribution in [0.1, 0.15) is 6.92 Å². The summed E-state index contributed by atoms with van der Waals surface area (Å²) < 4.78 is 9.80. The zero-order valence-corrected chi connectivity index (χ0v) is 9.80. The van der Waals surface area contributed by atoms with Gasteiger partial charge in [-0.2, -0.15) is 0 Å². The Labute approximate surface area is 97.9 Å². The molecule has 0 spiro atoms. The van der Waals surface area contributed by atoms with Crippen LogP contribution in [-0.2, 0) is 9.53 Å². The second-order valence-corrected chi connectivity index (χ2v) is 3.62. The highest BCUT2D eigenvalue weighted by Gasteiger charge is 2.16. The van der Waals surface area contributed by atoms with Crippen molar-refractivity contribution in [2.24, 2.45) is 0 Å². The van der Waals surface area contributed by atoms with Gasteiger partial charge in [0, 0.05) is 0 Å². The predicted octanol–water partition coefficient (Wildman–Crippen LogP) is 2.93. The van der Waals surface area contributed by atoms with E-state index >= 15 is 0 Å². The smallest absolute Gasteiger partial charge is 0.346 e. The molecule has 0 N–H and O–H groups in total. The second-order valence-electron chi connectivity index (χ2n) is 2.84. The fourth-order valence-electron chi connectivity index (χ4n) is 0.980. The third-order valence-corrected chi connectivity index (χ3v) is 2.55. The third-order valence-electron chi connectivity index (χ3n) is 1.75. The van der Waals surface area contributed by atoms with Gasteiger partial charge in [0.2, 0.25) is 0 Å². The van der Waals surface area contributed by atoms with E-state index in [4.69, 9.17) is 27.9 Å². The van der Waals surface area contributed by atoms with Crippen LogP contribution in [0.3, 0.4) is 0 Å². The molecular weight excluding hydrogens is 239 g/mol. The maximum atomic E-state index is 11.1. The predicted molar refractivity (Wildman–Crippen MR) is 58.6 cm³/mol. The Morgan fingerprint density at radius 1 is 1.40 bits per heavy atom. The Bertz CT molecular complexity index is 366. The second kappa shape index (κ2) is 5.24. The van der Waals surface area contributed by atoms with Crippen molar-refractivity contribution in [3.63, 3.8) is 0 Å². The average molecular weight is 249 g/mol. The van der Waals surface area contributed by atoms with E-state index in [9.17, 15) is 4.79 Å². The number of carbonyl (C=O) groups is 1. The van der Waals surface area contributed by atoms with Gasteiger partial charge in [-0.15, -0.1) is 0 Å². The number of esters is 1. The minimum atomic E-state index is -0.717. The van der Waals surface area contributed by atoms with Gasteiger partial charge in [-0.3, -0.25) is 0 Å². The molecule has 1 rings (SSSR count). The summed E-state index contributed by atoms with van der Waals surface area (Å²) in [6.07, 6.45) is -0.717. The molecule has 0 aromatic heterocycles. The van der Waals surface area contributed by atoms with Crippen LogP contribution in [0.2, 0.25) is 10.0 Å². The number of benzene rings is 1. The molecule has 1 aromatic rings. The number of rotatable bonds is 3. The molecule has 0 aliphatic carbocycles. The molecule has 0 fully saturated rings. The van der Waals surface area contributed by atoms with E-state index in [2.05, 4.69) is 4.74 Å². The highest BCUT2D eigenvalue weighted by molar-refractivity contribution is 6.42. The number of carbonyl (C=O) groups excluding carboxylic acids is 1. The number of halogens is 2. The normalized spacial score (nSPS) is 12.0. The van der Waals surface area contributed by atoms with Gasteiger partial charge >= 0.3 is 5.97 Å². The van der Waals surface area contributed by atoms with Crippen LogP contribution in [0.5, 0.6) is 5.75 Å². The molecule has 3 nitrogen and oxygen atoms in total. The zero-order chi connectivity index (χ0) is 11.4. The van der Waals surface area contributed by atoms with Crippen molar-refractivity contribution < 1.29 is 14.3 Å². The third kappa shape index (κ3) is 3.01. The molecule has 0 aliphatic rings. The minimum Gasteiger partial charge on any atom is -0.477 e. The summed E-state index contributed by atoms with van der Waals surface area (Å²) in [7, 11) is 1.29. The molecule has 1 aromatic carbocycles. The van der Waals surface area contributed by atoms with Crippen molar-refractivity contribution in [2.75, 3.05) is 7.11 Å². The Hall–Kier alpha value is -0.930. The fourth-order valence-corrected chi connectivity index (χ4v) is 1.32. The first-order valence-electron chi connectivity index (χ1n) is 4.24. The van der Waals surface area contributed by atoms with Crippen LogP contribution in [0, 0.1) is 0 Å². The lowest BCUT2D eigenvalue weighted by atomic mass is 10.3. The number of methoxy groups -OCH3 is 1. The van der Waals surface area contributed by atoms with E-state index < -0.39 is 12.1 Å². The maximum absolute atomic E-state index is 11.1. The molecule has 0 saturated carbocycles. The number of hydrogen-bond donors (Lipinski definition) is 0. The monoisotopic (exact) mass is 248 g/mol. The summed E-state index contributed by atoms with van der Waals surface area (Å²) >= 11 is 11.7. The van der Waals surface area contributed by atoms with Crippen molar-refractivity contribution in [3.05, 3.63) is 28.2 Å². The fraction of sp³-hybridized carbons (Fsp3) is 0.300. The largest absolute Gasteiger partial charge is 0.477 e. The first-order chi connectivity index (χ1) is 7.06. The summed E-state index contributed by atoms with van der Waals surface area (Å²) in [6, 6.07) is 4.96. The van der Waals surface area contributed by atoms with Crippen molar-refractivity contribution in [1.29, 1.82) is 0 Å². The zero-order valence-electron chi connectivity index (χ0n) is 8.29. The SMILES string of the molecule is COC(=O)[C@H](C)Oc1cccc(Cl)c1Cl. The van der Waals surface area contributed by atoms with Crippen molar-refractivity contribution in [2.45, 2.75) is 13.0 Å². The molecule has 0 heterocycles. The van der Waals surface area contributed by atoms with Gasteiger partial charge in [-0.05, 0) is 19.1 Å². The topological polar surface area (TPSA) is 35.5 Å². The first-order valence-corrected chi connectivity index (χ1v) is 5.00. The molecule has 0 radical (unpaired) electrons. The summed E-state index contributed by atoms with van der Waals surface area (Å²) in [5.74, 6) is -0.104. The van der Waals surface area contributed by atoms with Crippen LogP contribution < -0.4 is 4.74 Å². The van der Waals surface area contributed by atoms with Gasteiger partial charge in [0.1, 0.15) is 10.8 Å². The lowest BCUT2D eigenvalue weighted by molar-refractivity contribution is -0.147. The van der Waals surface area contributed by atoms with E-state index in [1.807, 2.05) is 0 Å². The highest BCUT2D eigenvalue weighted by Crippen LogP contribution is 2.32. The number of ether oxygens (including phenoxy) is 2. The van der Waals surface area contributed by atoms with Gasteiger partial charge in [0.05, 0.1) is 12.1 Å². The standard InChI is InChI=1S/C10H10Cl2O3/c1-6(10(13)14-2)15-8-5-3-4-7(11)9(8)12/h3-6H,1-2H3/t6-/m0/s1. The van der Waals surface area contributed by atoms with Crippen LogP contribution >= 0.6 is 23.2 Å². The Morgan fingerprint density at radius 2 is 2.07 bits per heavy atom. The summed E-state index contributed by atoms with van der Waals surface area (Å²) in [4.78, 5) is 11.1. The van der Waals surface area contributed by atoms with Gasteiger partial charge in [0.25, 0.3) is 0 Å². The van der Waals surface area contributed by atoms with Crippen LogP contribution in [-0.4, -0.2) is 19.2 Å². The lowest BCUT2D eigenvalue weighted by Crippen LogP contribution is -2.25. The average Bonchev–Trinajstić information content (AvgIpc) is 2.23. The molecular formula is C10H10Cl2O3. The quantitative estimate of drug-likeness (QED) is 0.772. The molecule has 15 heavy (non-hydrogen) atoms. The molecule has 0 amide bonds.